The van der Waals surface area contributed by atoms with Gasteiger partial charge in [0.15, 0.2) is 0 Å². The molecule has 1 saturated heterocycles. The maximum atomic E-state index is 5.53. The van der Waals surface area contributed by atoms with Gasteiger partial charge in [-0.2, -0.15) is 0 Å². The molecule has 5 nitrogen and oxygen atoms in total. The summed E-state index contributed by atoms with van der Waals surface area (Å²) < 4.78 is 10.8. The third-order valence-electron chi connectivity index (χ3n) is 2.21. The second-order valence-electron chi connectivity index (χ2n) is 3.68. The summed E-state index contributed by atoms with van der Waals surface area (Å²) in [6.07, 6.45) is 0. The van der Waals surface area contributed by atoms with Crippen molar-refractivity contribution in [2.45, 2.75) is 19.8 Å². The topological polar surface area (TPSA) is 51.4 Å². The molecule has 0 N–H and O–H groups in total. The van der Waals surface area contributed by atoms with E-state index in [2.05, 4.69) is 15.1 Å². The van der Waals surface area contributed by atoms with Crippen LogP contribution in [0.2, 0.25) is 0 Å². The molecule has 0 radical (unpaired) electrons. The molecule has 0 bridgehead atoms. The number of rotatable bonds is 2. The Morgan fingerprint density at radius 1 is 1.21 bits per heavy atom. The number of anilines is 1. The van der Waals surface area contributed by atoms with Crippen molar-refractivity contribution in [3.63, 3.8) is 0 Å². The van der Waals surface area contributed by atoms with E-state index in [-0.39, 0.29) is 5.92 Å². The minimum atomic E-state index is 0.289. The van der Waals surface area contributed by atoms with Crippen molar-refractivity contribution in [3.05, 3.63) is 5.89 Å². The average molecular weight is 197 g/mol. The van der Waals surface area contributed by atoms with Crippen molar-refractivity contribution in [1.29, 1.82) is 0 Å². The Morgan fingerprint density at radius 2 is 1.93 bits per heavy atom. The third kappa shape index (κ3) is 1.87. The molecule has 5 heteroatoms. The smallest absolute Gasteiger partial charge is 0.318 e. The first-order valence-corrected chi connectivity index (χ1v) is 4.93. The van der Waals surface area contributed by atoms with Crippen molar-refractivity contribution in [2.24, 2.45) is 0 Å². The van der Waals surface area contributed by atoms with Gasteiger partial charge in [-0.05, 0) is 0 Å². The standard InChI is InChI=1S/C9H15N3O2/c1-7(2)8-10-11-9(14-8)12-3-5-13-6-4-12/h7H,3-6H2,1-2H3. The maximum Gasteiger partial charge on any atom is 0.318 e. The van der Waals surface area contributed by atoms with E-state index < -0.39 is 0 Å². The molecular formula is C9H15N3O2. The van der Waals surface area contributed by atoms with Crippen molar-refractivity contribution in [2.75, 3.05) is 31.2 Å². The Kier molecular flexibility index (Phi) is 2.67. The summed E-state index contributed by atoms with van der Waals surface area (Å²) in [5.74, 6) is 0.990. The molecule has 0 saturated carbocycles. The largest absolute Gasteiger partial charge is 0.408 e. The molecular weight excluding hydrogens is 182 g/mol. The highest BCUT2D eigenvalue weighted by Crippen LogP contribution is 2.18. The first kappa shape index (κ1) is 9.45. The molecule has 1 fully saturated rings. The number of hydrogen-bond donors (Lipinski definition) is 0. The van der Waals surface area contributed by atoms with Gasteiger partial charge in [0.25, 0.3) is 0 Å². The van der Waals surface area contributed by atoms with Gasteiger partial charge >= 0.3 is 6.01 Å². The molecule has 0 atom stereocenters. The molecule has 2 heterocycles. The number of nitrogens with zero attached hydrogens (tertiary/aromatic N) is 3. The van der Waals surface area contributed by atoms with Crippen molar-refractivity contribution < 1.29 is 9.15 Å². The van der Waals surface area contributed by atoms with E-state index in [4.69, 9.17) is 9.15 Å². The second kappa shape index (κ2) is 3.96. The van der Waals surface area contributed by atoms with E-state index in [1.807, 2.05) is 13.8 Å². The summed E-state index contributed by atoms with van der Waals surface area (Å²) in [6.45, 7) is 7.21. The zero-order valence-electron chi connectivity index (χ0n) is 8.56. The molecule has 2 rings (SSSR count). The highest BCUT2D eigenvalue weighted by molar-refractivity contribution is 5.24. The van der Waals surface area contributed by atoms with E-state index >= 15 is 0 Å². The fraction of sp³-hybridized carbons (Fsp3) is 0.778. The van der Waals surface area contributed by atoms with Crippen LogP contribution in [0.1, 0.15) is 25.7 Å². The van der Waals surface area contributed by atoms with Crippen LogP contribution in [0.3, 0.4) is 0 Å². The lowest BCUT2D eigenvalue weighted by molar-refractivity contribution is 0.120. The average Bonchev–Trinajstić information content (AvgIpc) is 2.68. The SMILES string of the molecule is CC(C)c1nnc(N2CCOCC2)o1. The van der Waals surface area contributed by atoms with Gasteiger partial charge in [0.2, 0.25) is 5.89 Å². The van der Waals surface area contributed by atoms with Crippen molar-refractivity contribution in [1.82, 2.24) is 10.2 Å². The molecule has 0 amide bonds. The first-order valence-electron chi connectivity index (χ1n) is 4.93. The van der Waals surface area contributed by atoms with Crippen molar-refractivity contribution >= 4 is 6.01 Å². The van der Waals surface area contributed by atoms with Gasteiger partial charge < -0.3 is 14.1 Å². The summed E-state index contributed by atoms with van der Waals surface area (Å²) >= 11 is 0. The molecule has 14 heavy (non-hydrogen) atoms. The van der Waals surface area contributed by atoms with Gasteiger partial charge in [-0.15, -0.1) is 5.10 Å². The Balaban J connectivity index is 2.07. The lowest BCUT2D eigenvalue weighted by atomic mass is 10.2. The lowest BCUT2D eigenvalue weighted by Crippen LogP contribution is -2.36. The van der Waals surface area contributed by atoms with Gasteiger partial charge in [0.1, 0.15) is 0 Å². The third-order valence-corrected chi connectivity index (χ3v) is 2.21. The van der Waals surface area contributed by atoms with E-state index in [1.54, 1.807) is 0 Å². The van der Waals surface area contributed by atoms with Crippen LogP contribution in [0.15, 0.2) is 4.42 Å². The second-order valence-corrected chi connectivity index (χ2v) is 3.68. The first-order chi connectivity index (χ1) is 6.77. The Labute approximate surface area is 83.1 Å². The minimum Gasteiger partial charge on any atom is -0.408 e. The molecule has 1 aromatic rings. The zero-order chi connectivity index (χ0) is 9.97. The van der Waals surface area contributed by atoms with Crippen LogP contribution in [0, 0.1) is 0 Å². The number of morpholine rings is 1. The predicted molar refractivity (Wildman–Crippen MR) is 51.4 cm³/mol. The highest BCUT2D eigenvalue weighted by Gasteiger charge is 2.18. The van der Waals surface area contributed by atoms with Crippen molar-refractivity contribution in [3.8, 4) is 0 Å². The van der Waals surface area contributed by atoms with Crippen LogP contribution >= 0.6 is 0 Å². The molecule has 1 aliphatic rings. The lowest BCUT2D eigenvalue weighted by Gasteiger charge is -2.24. The summed E-state index contributed by atoms with van der Waals surface area (Å²) in [5.41, 5.74) is 0. The monoisotopic (exact) mass is 197 g/mol. The van der Waals surface area contributed by atoms with Crippen LogP contribution < -0.4 is 4.90 Å². The van der Waals surface area contributed by atoms with Crippen LogP contribution in [0.4, 0.5) is 6.01 Å². The molecule has 1 aromatic heterocycles. The number of ether oxygens (including phenoxy) is 1. The summed E-state index contributed by atoms with van der Waals surface area (Å²) in [7, 11) is 0. The summed E-state index contributed by atoms with van der Waals surface area (Å²) in [6, 6.07) is 0.622. The van der Waals surface area contributed by atoms with Crippen LogP contribution in [-0.4, -0.2) is 36.5 Å². The molecule has 0 aromatic carbocycles. The summed E-state index contributed by atoms with van der Waals surface area (Å²) in [4.78, 5) is 2.06. The van der Waals surface area contributed by atoms with E-state index in [9.17, 15) is 0 Å². The molecule has 0 unspecified atom stereocenters. The van der Waals surface area contributed by atoms with Gasteiger partial charge in [-0.25, -0.2) is 0 Å². The molecule has 1 aliphatic heterocycles. The fourth-order valence-corrected chi connectivity index (χ4v) is 1.34. The van der Waals surface area contributed by atoms with E-state index in [0.717, 1.165) is 26.3 Å². The summed E-state index contributed by atoms with van der Waals surface area (Å²) in [5, 5.41) is 8.01. The van der Waals surface area contributed by atoms with Gasteiger partial charge in [-0.1, -0.05) is 18.9 Å². The van der Waals surface area contributed by atoms with Gasteiger partial charge in [0.05, 0.1) is 13.2 Å². The Bertz CT molecular complexity index is 292. The van der Waals surface area contributed by atoms with Gasteiger partial charge in [-0.3, -0.25) is 0 Å². The van der Waals surface area contributed by atoms with Crippen LogP contribution in [0.25, 0.3) is 0 Å². The number of aromatic nitrogens is 2. The Hall–Kier alpha value is -1.10. The minimum absolute atomic E-state index is 0.289. The molecule has 0 spiro atoms. The molecule has 0 aliphatic carbocycles. The quantitative estimate of drug-likeness (QED) is 0.708. The van der Waals surface area contributed by atoms with E-state index in [0.29, 0.717) is 11.9 Å². The molecule has 78 valence electrons. The van der Waals surface area contributed by atoms with Gasteiger partial charge in [0, 0.05) is 19.0 Å². The van der Waals surface area contributed by atoms with Crippen LogP contribution in [0.5, 0.6) is 0 Å². The zero-order valence-corrected chi connectivity index (χ0v) is 8.56. The Morgan fingerprint density at radius 3 is 2.50 bits per heavy atom. The highest BCUT2D eigenvalue weighted by atomic mass is 16.5. The fourth-order valence-electron chi connectivity index (χ4n) is 1.34. The normalized spacial score (nSPS) is 17.8. The maximum absolute atomic E-state index is 5.53. The van der Waals surface area contributed by atoms with E-state index in [1.165, 1.54) is 0 Å². The number of hydrogen-bond acceptors (Lipinski definition) is 5. The predicted octanol–water partition coefficient (Wildman–Crippen LogP) is 1.03. The van der Waals surface area contributed by atoms with Crippen LogP contribution in [-0.2, 0) is 4.74 Å².